The maximum Gasteiger partial charge on any atom is 0.354 e. The highest BCUT2D eigenvalue weighted by atomic mass is 16.5. The van der Waals surface area contributed by atoms with E-state index in [1.165, 1.54) is 7.11 Å². The summed E-state index contributed by atoms with van der Waals surface area (Å²) in [6.07, 6.45) is 0. The summed E-state index contributed by atoms with van der Waals surface area (Å²) >= 11 is 0. The highest BCUT2D eigenvalue weighted by Gasteiger charge is 2.26. The van der Waals surface area contributed by atoms with Crippen molar-refractivity contribution in [1.82, 2.24) is 4.57 Å². The normalized spacial score (nSPS) is 10.6. The van der Waals surface area contributed by atoms with Crippen molar-refractivity contribution < 1.29 is 19.1 Å². The molecule has 1 aromatic carbocycles. The molecule has 0 saturated carbocycles. The molecule has 5 nitrogen and oxygen atoms in total. The number of hydrogen-bond donors (Lipinski definition) is 0. The van der Waals surface area contributed by atoms with E-state index in [0.29, 0.717) is 29.1 Å². The second kappa shape index (κ2) is 7.55. The summed E-state index contributed by atoms with van der Waals surface area (Å²) in [5.74, 6) is 0.0903. The zero-order chi connectivity index (χ0) is 18.7. The van der Waals surface area contributed by atoms with Crippen molar-refractivity contribution >= 4 is 11.8 Å². The fraction of sp³-hybridized carbons (Fsp3) is 0.400. The van der Waals surface area contributed by atoms with Gasteiger partial charge in [-0.2, -0.15) is 0 Å². The Balaban J connectivity index is 2.30. The summed E-state index contributed by atoms with van der Waals surface area (Å²) in [6.45, 7) is 10.0. The zero-order valence-electron chi connectivity index (χ0n) is 15.7. The Bertz CT molecular complexity index is 797. The van der Waals surface area contributed by atoms with Crippen molar-refractivity contribution in [3.63, 3.8) is 0 Å². The number of hydrogen-bond acceptors (Lipinski definition) is 4. The van der Waals surface area contributed by atoms with Crippen LogP contribution in [0, 0.1) is 27.7 Å². The van der Waals surface area contributed by atoms with Crippen molar-refractivity contribution in [2.24, 2.45) is 0 Å². The third-order valence-electron chi connectivity index (χ3n) is 4.31. The van der Waals surface area contributed by atoms with Crippen molar-refractivity contribution in [2.75, 3.05) is 13.7 Å². The first-order valence-electron chi connectivity index (χ1n) is 8.32. The molecule has 0 N–H and O–H groups in total. The monoisotopic (exact) mass is 343 g/mol. The summed E-state index contributed by atoms with van der Waals surface area (Å²) < 4.78 is 12.4. The standard InChI is InChI=1S/C20H25NO4/c1-7-21-15(5)18(14(4)19(21)20(23)24-6)17(22)11-25-16-9-12(2)8-13(3)10-16/h8-10H,7,11H2,1-6H3. The van der Waals surface area contributed by atoms with Gasteiger partial charge in [0.25, 0.3) is 0 Å². The number of esters is 1. The molecule has 0 aliphatic heterocycles. The van der Waals surface area contributed by atoms with Crippen LogP contribution in [-0.2, 0) is 11.3 Å². The second-order valence-corrected chi connectivity index (χ2v) is 6.21. The number of rotatable bonds is 6. The minimum atomic E-state index is -0.434. The van der Waals surface area contributed by atoms with Crippen LogP contribution in [0.15, 0.2) is 18.2 Å². The van der Waals surface area contributed by atoms with Crippen LogP contribution >= 0.6 is 0 Å². The van der Waals surface area contributed by atoms with Gasteiger partial charge < -0.3 is 14.0 Å². The number of carbonyl (C=O) groups excluding carboxylic acids is 2. The van der Waals surface area contributed by atoms with Gasteiger partial charge in [-0.25, -0.2) is 4.79 Å². The zero-order valence-corrected chi connectivity index (χ0v) is 15.7. The molecule has 0 aliphatic carbocycles. The van der Waals surface area contributed by atoms with Crippen molar-refractivity contribution in [2.45, 2.75) is 41.2 Å². The fourth-order valence-electron chi connectivity index (χ4n) is 3.30. The molecule has 1 aromatic heterocycles. The number of ketones is 1. The maximum atomic E-state index is 12.7. The minimum absolute atomic E-state index is 0.0705. The van der Waals surface area contributed by atoms with Crippen LogP contribution in [0.1, 0.15) is 50.2 Å². The third-order valence-corrected chi connectivity index (χ3v) is 4.31. The Morgan fingerprint density at radius 2 is 1.64 bits per heavy atom. The van der Waals surface area contributed by atoms with E-state index in [1.54, 1.807) is 6.92 Å². The number of ether oxygens (including phenoxy) is 2. The first-order chi connectivity index (χ1) is 11.8. The minimum Gasteiger partial charge on any atom is -0.485 e. The summed E-state index contributed by atoms with van der Waals surface area (Å²) in [5, 5.41) is 0. The quantitative estimate of drug-likeness (QED) is 0.591. The molecule has 0 aliphatic rings. The van der Waals surface area contributed by atoms with Gasteiger partial charge in [-0.1, -0.05) is 6.07 Å². The average molecular weight is 343 g/mol. The lowest BCUT2D eigenvalue weighted by Gasteiger charge is -2.09. The van der Waals surface area contributed by atoms with Crippen LogP contribution in [0.2, 0.25) is 0 Å². The second-order valence-electron chi connectivity index (χ2n) is 6.21. The lowest BCUT2D eigenvalue weighted by Crippen LogP contribution is -2.14. The molecule has 2 aromatic rings. The summed E-state index contributed by atoms with van der Waals surface area (Å²) in [7, 11) is 1.34. The van der Waals surface area contributed by atoms with Gasteiger partial charge >= 0.3 is 5.97 Å². The number of nitrogens with zero attached hydrogens (tertiary/aromatic N) is 1. The van der Waals surface area contributed by atoms with Gasteiger partial charge in [-0.3, -0.25) is 4.79 Å². The number of aryl methyl sites for hydroxylation is 2. The fourth-order valence-corrected chi connectivity index (χ4v) is 3.30. The Morgan fingerprint density at radius 1 is 1.04 bits per heavy atom. The molecule has 25 heavy (non-hydrogen) atoms. The van der Waals surface area contributed by atoms with E-state index in [4.69, 9.17) is 9.47 Å². The number of aromatic nitrogens is 1. The van der Waals surface area contributed by atoms with Gasteiger partial charge in [-0.05, 0) is 63.4 Å². The van der Waals surface area contributed by atoms with E-state index in [1.807, 2.05) is 50.5 Å². The van der Waals surface area contributed by atoms with Gasteiger partial charge in [0.05, 0.1) is 7.11 Å². The predicted octanol–water partition coefficient (Wildman–Crippen LogP) is 3.79. The number of benzene rings is 1. The molecule has 0 unspecified atom stereocenters. The molecule has 0 bridgehead atoms. The molecule has 0 spiro atoms. The lowest BCUT2D eigenvalue weighted by molar-refractivity contribution is 0.0587. The van der Waals surface area contributed by atoms with Gasteiger partial charge in [-0.15, -0.1) is 0 Å². The first kappa shape index (κ1) is 18.8. The molecule has 2 rings (SSSR count). The van der Waals surface area contributed by atoms with Crippen LogP contribution in [-0.4, -0.2) is 30.0 Å². The van der Waals surface area contributed by atoms with Gasteiger partial charge in [0.1, 0.15) is 11.4 Å². The van der Waals surface area contributed by atoms with E-state index < -0.39 is 5.97 Å². The molecule has 0 amide bonds. The molecular weight excluding hydrogens is 318 g/mol. The van der Waals surface area contributed by atoms with E-state index in [0.717, 1.165) is 16.8 Å². The summed E-state index contributed by atoms with van der Waals surface area (Å²) in [6, 6.07) is 5.85. The molecule has 0 saturated heterocycles. The highest BCUT2D eigenvalue weighted by molar-refractivity contribution is 6.03. The Labute approximate surface area is 148 Å². The SMILES string of the molecule is CCn1c(C)c(C(=O)COc2cc(C)cc(C)c2)c(C)c1C(=O)OC. The van der Waals surface area contributed by atoms with Crippen LogP contribution in [0.3, 0.4) is 0 Å². The van der Waals surface area contributed by atoms with Gasteiger partial charge in [0.15, 0.2) is 6.61 Å². The van der Waals surface area contributed by atoms with E-state index >= 15 is 0 Å². The third kappa shape index (κ3) is 3.76. The van der Waals surface area contributed by atoms with E-state index in [-0.39, 0.29) is 12.4 Å². The Kier molecular flexibility index (Phi) is 5.67. The molecule has 5 heteroatoms. The van der Waals surface area contributed by atoms with Gasteiger partial charge in [0.2, 0.25) is 5.78 Å². The molecule has 1 heterocycles. The van der Waals surface area contributed by atoms with Crippen molar-refractivity contribution in [3.05, 3.63) is 51.8 Å². The Morgan fingerprint density at radius 3 is 2.16 bits per heavy atom. The Hall–Kier alpha value is -2.56. The highest BCUT2D eigenvalue weighted by Crippen LogP contribution is 2.24. The molecule has 0 radical (unpaired) electrons. The molecular formula is C20H25NO4. The molecule has 0 atom stereocenters. The maximum absolute atomic E-state index is 12.7. The van der Waals surface area contributed by atoms with Crippen LogP contribution in [0.5, 0.6) is 5.75 Å². The van der Waals surface area contributed by atoms with E-state index in [2.05, 4.69) is 0 Å². The number of Topliss-reactive ketones (excluding diaryl/α,β-unsaturated/α-hetero) is 1. The first-order valence-corrected chi connectivity index (χ1v) is 8.32. The lowest BCUT2D eigenvalue weighted by atomic mass is 10.1. The van der Waals surface area contributed by atoms with E-state index in [9.17, 15) is 9.59 Å². The summed E-state index contributed by atoms with van der Waals surface area (Å²) in [5.41, 5.74) is 4.53. The molecule has 134 valence electrons. The van der Waals surface area contributed by atoms with Crippen LogP contribution in [0.25, 0.3) is 0 Å². The largest absolute Gasteiger partial charge is 0.485 e. The van der Waals surface area contributed by atoms with Crippen LogP contribution in [0.4, 0.5) is 0 Å². The molecule has 0 fully saturated rings. The van der Waals surface area contributed by atoms with Crippen molar-refractivity contribution in [1.29, 1.82) is 0 Å². The average Bonchev–Trinajstić information content (AvgIpc) is 2.81. The van der Waals surface area contributed by atoms with Gasteiger partial charge in [0, 0.05) is 17.8 Å². The number of methoxy groups -OCH3 is 1. The van der Waals surface area contributed by atoms with Crippen LogP contribution < -0.4 is 4.74 Å². The summed E-state index contributed by atoms with van der Waals surface area (Å²) in [4.78, 5) is 24.8. The van der Waals surface area contributed by atoms with Crippen molar-refractivity contribution in [3.8, 4) is 5.75 Å². The predicted molar refractivity (Wildman–Crippen MR) is 96.7 cm³/mol. The smallest absolute Gasteiger partial charge is 0.354 e. The topological polar surface area (TPSA) is 57.5 Å². The number of carbonyl (C=O) groups is 2.